The first-order valence-electron chi connectivity index (χ1n) is 8.21. The van der Waals surface area contributed by atoms with Crippen molar-refractivity contribution >= 4 is 40.7 Å². The van der Waals surface area contributed by atoms with Gasteiger partial charge >= 0.3 is 0 Å². The van der Waals surface area contributed by atoms with Crippen molar-refractivity contribution in [1.29, 1.82) is 0 Å². The Kier molecular flexibility index (Phi) is 5.79. The fourth-order valence-electron chi connectivity index (χ4n) is 2.92. The van der Waals surface area contributed by atoms with Crippen molar-refractivity contribution in [2.45, 2.75) is 12.8 Å². The Morgan fingerprint density at radius 1 is 1.15 bits per heavy atom. The Hall–Kier alpha value is -2.11. The average molecular weight is 395 g/mol. The third-order valence-corrected chi connectivity index (χ3v) is 5.01. The maximum absolute atomic E-state index is 12.9. The number of nitrogens with zero attached hydrogens (tertiary/aromatic N) is 1. The van der Waals surface area contributed by atoms with Gasteiger partial charge in [0.05, 0.1) is 21.7 Å². The van der Waals surface area contributed by atoms with Crippen molar-refractivity contribution in [2.75, 3.05) is 18.4 Å². The van der Waals surface area contributed by atoms with Crippen molar-refractivity contribution in [3.63, 3.8) is 0 Å². The average Bonchev–Trinajstić information content (AvgIpc) is 2.99. The second-order valence-electron chi connectivity index (χ2n) is 6.20. The van der Waals surface area contributed by atoms with Gasteiger partial charge in [-0.3, -0.25) is 9.59 Å². The molecular weight excluding hydrogens is 378 g/mol. The molecule has 1 atom stereocenters. The SMILES string of the molecule is O=C(Nc1c(Cl)cccc1Cl)C1CC(=O)N(CCc2ccc(F)cc2)C1. The van der Waals surface area contributed by atoms with Crippen LogP contribution in [-0.2, 0) is 16.0 Å². The second kappa shape index (κ2) is 8.06. The number of carbonyl (C=O) groups is 2. The van der Waals surface area contributed by atoms with Gasteiger partial charge in [-0.2, -0.15) is 0 Å². The van der Waals surface area contributed by atoms with E-state index in [-0.39, 0.29) is 24.1 Å². The molecule has 2 aromatic carbocycles. The molecule has 2 aromatic rings. The van der Waals surface area contributed by atoms with E-state index in [2.05, 4.69) is 5.32 Å². The van der Waals surface area contributed by atoms with Gasteiger partial charge < -0.3 is 10.2 Å². The Morgan fingerprint density at radius 3 is 2.46 bits per heavy atom. The molecule has 1 N–H and O–H groups in total. The molecule has 1 aliphatic heterocycles. The molecule has 2 amide bonds. The number of amides is 2. The van der Waals surface area contributed by atoms with E-state index in [0.29, 0.717) is 35.2 Å². The Balaban J connectivity index is 1.58. The van der Waals surface area contributed by atoms with Gasteiger partial charge in [0.1, 0.15) is 5.82 Å². The van der Waals surface area contributed by atoms with Crippen LogP contribution in [0.5, 0.6) is 0 Å². The molecule has 1 aliphatic rings. The van der Waals surface area contributed by atoms with E-state index in [1.165, 1.54) is 12.1 Å². The molecule has 0 bridgehead atoms. The Morgan fingerprint density at radius 2 is 1.81 bits per heavy atom. The fraction of sp³-hybridized carbons (Fsp3) is 0.263. The number of halogens is 3. The zero-order valence-electron chi connectivity index (χ0n) is 13.8. The van der Waals surface area contributed by atoms with Gasteiger partial charge in [-0.1, -0.05) is 41.4 Å². The molecule has 3 rings (SSSR count). The molecule has 1 unspecified atom stereocenters. The number of rotatable bonds is 5. The van der Waals surface area contributed by atoms with Gasteiger partial charge in [0.2, 0.25) is 11.8 Å². The number of hydrogen-bond acceptors (Lipinski definition) is 2. The van der Waals surface area contributed by atoms with Crippen LogP contribution >= 0.6 is 23.2 Å². The van der Waals surface area contributed by atoms with Crippen molar-refractivity contribution in [3.05, 3.63) is 63.9 Å². The second-order valence-corrected chi connectivity index (χ2v) is 7.02. The number of anilines is 1. The summed E-state index contributed by atoms with van der Waals surface area (Å²) in [5.41, 5.74) is 1.30. The Labute approximate surface area is 160 Å². The zero-order chi connectivity index (χ0) is 18.7. The maximum Gasteiger partial charge on any atom is 0.229 e. The first-order chi connectivity index (χ1) is 12.4. The van der Waals surface area contributed by atoms with Gasteiger partial charge in [-0.25, -0.2) is 4.39 Å². The minimum atomic E-state index is -0.456. The molecule has 1 heterocycles. The predicted molar refractivity (Wildman–Crippen MR) is 99.9 cm³/mol. The molecule has 0 radical (unpaired) electrons. The van der Waals surface area contributed by atoms with Crippen molar-refractivity contribution in [1.82, 2.24) is 4.90 Å². The van der Waals surface area contributed by atoms with Crippen LogP contribution < -0.4 is 5.32 Å². The summed E-state index contributed by atoms with van der Waals surface area (Å²) < 4.78 is 12.9. The van der Waals surface area contributed by atoms with Crippen LogP contribution in [-0.4, -0.2) is 29.8 Å². The standard InChI is InChI=1S/C19H17Cl2FN2O2/c20-15-2-1-3-16(21)18(15)23-19(26)13-10-17(25)24(11-13)9-8-12-4-6-14(22)7-5-12/h1-7,13H,8-11H2,(H,23,26). The summed E-state index contributed by atoms with van der Waals surface area (Å²) in [6, 6.07) is 11.1. The number of benzene rings is 2. The van der Waals surface area contributed by atoms with Crippen LogP contribution in [0.25, 0.3) is 0 Å². The molecule has 26 heavy (non-hydrogen) atoms. The van der Waals surface area contributed by atoms with Crippen LogP contribution in [0.15, 0.2) is 42.5 Å². The number of carbonyl (C=O) groups excluding carboxylic acids is 2. The van der Waals surface area contributed by atoms with E-state index >= 15 is 0 Å². The summed E-state index contributed by atoms with van der Waals surface area (Å²) in [6.07, 6.45) is 0.758. The molecule has 7 heteroatoms. The highest BCUT2D eigenvalue weighted by atomic mass is 35.5. The van der Waals surface area contributed by atoms with Crippen LogP contribution in [0.1, 0.15) is 12.0 Å². The van der Waals surface area contributed by atoms with E-state index in [1.807, 2.05) is 0 Å². The molecule has 0 saturated carbocycles. The molecule has 4 nitrogen and oxygen atoms in total. The monoisotopic (exact) mass is 394 g/mol. The molecule has 0 aromatic heterocycles. The first-order valence-corrected chi connectivity index (χ1v) is 8.96. The van der Waals surface area contributed by atoms with Gasteiger partial charge in [-0.15, -0.1) is 0 Å². The number of hydrogen-bond donors (Lipinski definition) is 1. The highest BCUT2D eigenvalue weighted by Crippen LogP contribution is 2.31. The summed E-state index contributed by atoms with van der Waals surface area (Å²) in [5, 5.41) is 3.42. The summed E-state index contributed by atoms with van der Waals surface area (Å²) in [4.78, 5) is 26.3. The Bertz CT molecular complexity index is 807. The number of nitrogens with one attached hydrogen (secondary N) is 1. The minimum Gasteiger partial charge on any atom is -0.342 e. The molecule has 0 spiro atoms. The van der Waals surface area contributed by atoms with Gasteiger partial charge in [0, 0.05) is 19.5 Å². The van der Waals surface area contributed by atoms with Crippen LogP contribution in [0.4, 0.5) is 10.1 Å². The molecular formula is C19H17Cl2FN2O2. The van der Waals surface area contributed by atoms with Crippen molar-refractivity contribution in [2.24, 2.45) is 5.92 Å². The highest BCUT2D eigenvalue weighted by Gasteiger charge is 2.34. The summed E-state index contributed by atoms with van der Waals surface area (Å²) in [6.45, 7) is 0.828. The number of likely N-dealkylation sites (tertiary alicyclic amines) is 1. The third-order valence-electron chi connectivity index (χ3n) is 4.38. The largest absolute Gasteiger partial charge is 0.342 e. The highest BCUT2D eigenvalue weighted by molar-refractivity contribution is 6.39. The van der Waals surface area contributed by atoms with E-state index < -0.39 is 5.92 Å². The summed E-state index contributed by atoms with van der Waals surface area (Å²) in [5.74, 6) is -1.10. The predicted octanol–water partition coefficient (Wildman–Crippen LogP) is 4.16. The lowest BCUT2D eigenvalue weighted by atomic mass is 10.1. The van der Waals surface area contributed by atoms with Gasteiger partial charge in [0.15, 0.2) is 0 Å². The summed E-state index contributed by atoms with van der Waals surface area (Å²) >= 11 is 12.1. The lowest BCUT2D eigenvalue weighted by Gasteiger charge is -2.17. The van der Waals surface area contributed by atoms with Gasteiger partial charge in [-0.05, 0) is 36.2 Å². The first kappa shape index (κ1) is 18.7. The minimum absolute atomic E-state index is 0.0717. The molecule has 1 saturated heterocycles. The lowest BCUT2D eigenvalue weighted by Crippen LogP contribution is -2.30. The fourth-order valence-corrected chi connectivity index (χ4v) is 3.41. The summed E-state index contributed by atoms with van der Waals surface area (Å²) in [7, 11) is 0. The van der Waals surface area contributed by atoms with E-state index in [1.54, 1.807) is 35.2 Å². The smallest absolute Gasteiger partial charge is 0.229 e. The molecule has 1 fully saturated rings. The lowest BCUT2D eigenvalue weighted by molar-refractivity contribution is -0.128. The van der Waals surface area contributed by atoms with Crippen LogP contribution in [0.2, 0.25) is 10.0 Å². The molecule has 0 aliphatic carbocycles. The van der Waals surface area contributed by atoms with E-state index in [9.17, 15) is 14.0 Å². The van der Waals surface area contributed by atoms with Crippen molar-refractivity contribution < 1.29 is 14.0 Å². The van der Waals surface area contributed by atoms with Crippen molar-refractivity contribution in [3.8, 4) is 0 Å². The van der Waals surface area contributed by atoms with Crippen LogP contribution in [0, 0.1) is 11.7 Å². The van der Waals surface area contributed by atoms with Crippen LogP contribution in [0.3, 0.4) is 0 Å². The quantitative estimate of drug-likeness (QED) is 0.827. The molecule has 136 valence electrons. The van der Waals surface area contributed by atoms with E-state index in [0.717, 1.165) is 5.56 Å². The third kappa shape index (κ3) is 4.34. The number of para-hydroxylation sites is 1. The van der Waals surface area contributed by atoms with E-state index in [4.69, 9.17) is 23.2 Å². The topological polar surface area (TPSA) is 49.4 Å². The van der Waals surface area contributed by atoms with Gasteiger partial charge in [0.25, 0.3) is 0 Å². The normalized spacial score (nSPS) is 16.8. The zero-order valence-corrected chi connectivity index (χ0v) is 15.4. The maximum atomic E-state index is 12.9.